The number of carbonyl (C=O) groups is 2. The third-order valence-corrected chi connectivity index (χ3v) is 6.50. The summed E-state index contributed by atoms with van der Waals surface area (Å²) in [6.45, 7) is 5.23. The van der Waals surface area contributed by atoms with Gasteiger partial charge in [-0.2, -0.15) is 0 Å². The number of benzene rings is 3. The first-order chi connectivity index (χ1) is 16.0. The number of para-hydroxylation sites is 1. The molecule has 33 heavy (non-hydrogen) atoms. The minimum absolute atomic E-state index is 0.211. The van der Waals surface area contributed by atoms with Crippen molar-refractivity contribution in [2.45, 2.75) is 26.8 Å². The fourth-order valence-electron chi connectivity index (χ4n) is 4.77. The van der Waals surface area contributed by atoms with Crippen LogP contribution in [-0.4, -0.2) is 34.9 Å². The molecule has 1 aliphatic heterocycles. The van der Waals surface area contributed by atoms with Crippen molar-refractivity contribution in [3.63, 3.8) is 0 Å². The van der Waals surface area contributed by atoms with Crippen LogP contribution in [0.3, 0.4) is 0 Å². The molecule has 0 fully saturated rings. The molecule has 1 aromatic heterocycles. The highest BCUT2D eigenvalue weighted by molar-refractivity contribution is 6.21. The Labute approximate surface area is 191 Å². The van der Waals surface area contributed by atoms with Gasteiger partial charge in [0.1, 0.15) is 12.5 Å². The van der Waals surface area contributed by atoms with Crippen LogP contribution in [0.25, 0.3) is 21.8 Å². The summed E-state index contributed by atoms with van der Waals surface area (Å²) in [4.78, 5) is 32.1. The second kappa shape index (κ2) is 8.20. The van der Waals surface area contributed by atoms with Gasteiger partial charge >= 0.3 is 0 Å². The number of nitrogens with zero attached hydrogens (tertiary/aromatic N) is 3. The zero-order chi connectivity index (χ0) is 23.1. The van der Waals surface area contributed by atoms with Crippen LogP contribution in [0.5, 0.6) is 0 Å². The highest BCUT2D eigenvalue weighted by atomic mass is 16.6. The predicted octanol–water partition coefficient (Wildman–Crippen LogP) is 4.56. The van der Waals surface area contributed by atoms with Crippen molar-refractivity contribution in [3.8, 4) is 0 Å². The van der Waals surface area contributed by atoms with Crippen molar-refractivity contribution in [2.75, 3.05) is 13.7 Å². The summed E-state index contributed by atoms with van der Waals surface area (Å²) in [7, 11) is 1.56. The maximum Gasteiger partial charge on any atom is 0.261 e. The molecule has 0 saturated carbocycles. The van der Waals surface area contributed by atoms with Crippen molar-refractivity contribution >= 4 is 33.6 Å². The summed E-state index contributed by atoms with van der Waals surface area (Å²) < 4.78 is 2.28. The Morgan fingerprint density at radius 2 is 1.48 bits per heavy atom. The summed E-state index contributed by atoms with van der Waals surface area (Å²) in [5, 5.41) is 7.17. The zero-order valence-corrected chi connectivity index (χ0v) is 19.0. The molecule has 1 aliphatic rings. The molecule has 0 spiro atoms. The van der Waals surface area contributed by atoms with E-state index in [1.54, 1.807) is 31.4 Å². The third-order valence-electron chi connectivity index (χ3n) is 6.50. The summed E-state index contributed by atoms with van der Waals surface area (Å²) in [5.74, 6) is -0.423. The normalized spacial score (nSPS) is 13.9. The van der Waals surface area contributed by atoms with Crippen LogP contribution in [-0.2, 0) is 11.4 Å². The monoisotopic (exact) mass is 439 g/mol. The van der Waals surface area contributed by atoms with Gasteiger partial charge in [-0.15, -0.1) is 0 Å². The molecule has 6 heteroatoms. The first-order valence-corrected chi connectivity index (χ1v) is 11.1. The smallest absolute Gasteiger partial charge is 0.261 e. The highest BCUT2D eigenvalue weighted by Gasteiger charge is 2.34. The van der Waals surface area contributed by atoms with Gasteiger partial charge in [0.25, 0.3) is 11.8 Å². The van der Waals surface area contributed by atoms with E-state index < -0.39 is 0 Å². The summed E-state index contributed by atoms with van der Waals surface area (Å²) in [6.07, 6.45) is 0.642. The Morgan fingerprint density at radius 1 is 0.818 bits per heavy atom. The average Bonchev–Trinajstić information content (AvgIpc) is 3.08. The maximum absolute atomic E-state index is 12.8. The van der Waals surface area contributed by atoms with Gasteiger partial charge in [-0.3, -0.25) is 14.5 Å². The second-order valence-corrected chi connectivity index (χ2v) is 8.36. The Balaban J connectivity index is 1.57. The summed E-state index contributed by atoms with van der Waals surface area (Å²) >= 11 is 0. The number of amides is 2. The quantitative estimate of drug-likeness (QED) is 0.260. The number of rotatable bonds is 5. The molecule has 0 N–H and O–H groups in total. The molecule has 3 aromatic carbocycles. The van der Waals surface area contributed by atoms with Crippen molar-refractivity contribution in [1.29, 1.82) is 0 Å². The summed E-state index contributed by atoms with van der Waals surface area (Å²) in [6, 6.07) is 19.3. The molecule has 4 aromatic rings. The minimum atomic E-state index is -0.211. The van der Waals surface area contributed by atoms with Crippen LogP contribution in [0.1, 0.15) is 38.3 Å². The first kappa shape index (κ1) is 20.9. The molecule has 0 atom stereocenters. The number of pyridine rings is 1. The molecular weight excluding hydrogens is 414 g/mol. The fourth-order valence-corrected chi connectivity index (χ4v) is 4.77. The van der Waals surface area contributed by atoms with Gasteiger partial charge in [0, 0.05) is 23.9 Å². The van der Waals surface area contributed by atoms with E-state index in [1.165, 1.54) is 16.0 Å². The van der Waals surface area contributed by atoms with Crippen LogP contribution in [0.2, 0.25) is 0 Å². The van der Waals surface area contributed by atoms with Crippen molar-refractivity contribution in [2.24, 2.45) is 5.16 Å². The number of aryl methyl sites for hydroxylation is 3. The van der Waals surface area contributed by atoms with E-state index in [4.69, 9.17) is 4.84 Å². The number of carbonyl (C=O) groups excluding carboxylic acids is 2. The Morgan fingerprint density at radius 3 is 2.18 bits per heavy atom. The van der Waals surface area contributed by atoms with Crippen molar-refractivity contribution in [3.05, 3.63) is 88.3 Å². The predicted molar refractivity (Wildman–Crippen MR) is 128 cm³/mol. The molecule has 0 saturated heterocycles. The SMILES string of the molecule is CON=c1c2ccccc2n(CCCN2C(=O)c3ccccc3C2=O)c2c(C)c(C)ccc12. The molecule has 2 heterocycles. The molecular formula is C27H25N3O3. The largest absolute Gasteiger partial charge is 0.399 e. The van der Waals surface area contributed by atoms with Crippen molar-refractivity contribution in [1.82, 2.24) is 9.47 Å². The van der Waals surface area contributed by atoms with E-state index in [-0.39, 0.29) is 11.8 Å². The molecule has 2 amide bonds. The van der Waals surface area contributed by atoms with Crippen LogP contribution in [0.4, 0.5) is 0 Å². The lowest BCUT2D eigenvalue weighted by molar-refractivity contribution is 0.0651. The van der Waals surface area contributed by atoms with Crippen LogP contribution in [0.15, 0.2) is 65.8 Å². The second-order valence-electron chi connectivity index (χ2n) is 8.36. The van der Waals surface area contributed by atoms with Crippen LogP contribution in [0, 0.1) is 13.8 Å². The van der Waals surface area contributed by atoms with E-state index in [0.29, 0.717) is 30.6 Å². The van der Waals surface area contributed by atoms with Gasteiger partial charge in [0.15, 0.2) is 0 Å². The molecule has 6 nitrogen and oxygen atoms in total. The molecule has 166 valence electrons. The molecule has 0 radical (unpaired) electrons. The van der Waals surface area contributed by atoms with Crippen LogP contribution < -0.4 is 5.36 Å². The molecule has 0 unspecified atom stereocenters. The van der Waals surface area contributed by atoms with Gasteiger partial charge < -0.3 is 9.40 Å². The lowest BCUT2D eigenvalue weighted by Gasteiger charge is -2.20. The summed E-state index contributed by atoms with van der Waals surface area (Å²) in [5.41, 5.74) is 5.47. The van der Waals surface area contributed by atoms with E-state index in [0.717, 1.165) is 27.2 Å². The van der Waals surface area contributed by atoms with Gasteiger partial charge in [0.05, 0.1) is 22.2 Å². The van der Waals surface area contributed by atoms with Gasteiger partial charge in [-0.25, -0.2) is 0 Å². The molecule has 0 aliphatic carbocycles. The number of imide groups is 1. The average molecular weight is 440 g/mol. The van der Waals surface area contributed by atoms with Crippen molar-refractivity contribution < 1.29 is 14.4 Å². The Bertz CT molecular complexity index is 1470. The highest BCUT2D eigenvalue weighted by Crippen LogP contribution is 2.26. The van der Waals surface area contributed by atoms with E-state index in [1.807, 2.05) is 18.2 Å². The van der Waals surface area contributed by atoms with Gasteiger partial charge in [-0.1, -0.05) is 47.6 Å². The number of hydrogen-bond acceptors (Lipinski definition) is 4. The minimum Gasteiger partial charge on any atom is -0.399 e. The maximum atomic E-state index is 12.8. The zero-order valence-electron chi connectivity index (χ0n) is 19.0. The van der Waals surface area contributed by atoms with Crippen LogP contribution >= 0.6 is 0 Å². The lowest BCUT2D eigenvalue weighted by atomic mass is 10.0. The van der Waals surface area contributed by atoms with Gasteiger partial charge in [-0.05, 0) is 49.6 Å². The van der Waals surface area contributed by atoms with E-state index >= 15 is 0 Å². The third kappa shape index (κ3) is 3.30. The first-order valence-electron chi connectivity index (χ1n) is 11.1. The fraction of sp³-hybridized carbons (Fsp3) is 0.222. The molecule has 0 bridgehead atoms. The number of hydrogen-bond donors (Lipinski definition) is 0. The Kier molecular flexibility index (Phi) is 5.21. The number of fused-ring (bicyclic) bond motifs is 3. The topological polar surface area (TPSA) is 63.9 Å². The lowest BCUT2D eigenvalue weighted by Crippen LogP contribution is -2.31. The molecule has 5 rings (SSSR count). The van der Waals surface area contributed by atoms with E-state index in [2.05, 4.69) is 41.8 Å². The Hall–Kier alpha value is -3.93. The van der Waals surface area contributed by atoms with E-state index in [9.17, 15) is 9.59 Å². The van der Waals surface area contributed by atoms with Gasteiger partial charge in [0.2, 0.25) is 0 Å². The number of aromatic nitrogens is 1. The standard InChI is InChI=1S/C27H25N3O3/c1-17-13-14-22-24(28-33-3)21-11-6-7-12-23(21)29(25(22)18(17)2)15-8-16-30-26(31)19-9-4-5-10-20(19)27(30)32/h4-7,9-14H,8,15-16H2,1-3H3.